The van der Waals surface area contributed by atoms with Crippen LogP contribution in [-0.2, 0) is 0 Å². The van der Waals surface area contributed by atoms with Crippen molar-refractivity contribution in [1.82, 2.24) is 121 Å². The van der Waals surface area contributed by atoms with Gasteiger partial charge in [-0.3, -0.25) is 9.97 Å². The van der Waals surface area contributed by atoms with Crippen molar-refractivity contribution in [3.8, 4) is 0 Å². The molecular formula is C76H134N24. The summed E-state index contributed by atoms with van der Waals surface area (Å²) in [6.45, 7) is 65.0. The van der Waals surface area contributed by atoms with Gasteiger partial charge in [0.1, 0.15) is 55.4 Å². The standard InChI is InChI=1S/C7H8.6C5H6N2.4C4H5N3.11C2H6.CH4/c1-7-5-3-2-4-6-7;1-5-2-6-4-7-3-5;1-5-4-6-2-3-7-5;1-5-2-3-6-4-7-5;1-5-2-3-6-7-4-5;1-5-6-3-2-4-7-5;1-5-3-2-4-6-7-5;1-4-6-2-5-3-7-4;1-4-2-6-7-3-5-4;1-4-2-5-3-6-7-4;1-4-5-2-3-6-7-4;11*1-2;/h2-6H,1H3;6*2-4H,1H3;4*2-3H,1H3;11*1-2H3;1H4. The van der Waals surface area contributed by atoms with Crippen molar-refractivity contribution in [2.24, 2.45) is 0 Å². The van der Waals surface area contributed by atoms with Crippen LogP contribution in [0.15, 0.2) is 192 Å². The van der Waals surface area contributed by atoms with E-state index >= 15 is 0 Å². The Hall–Kier alpha value is -10.3. The third-order valence-electron chi connectivity index (χ3n) is 7.62. The summed E-state index contributed by atoms with van der Waals surface area (Å²) in [6.07, 6.45) is 34.1. The fraction of sp³-hybridized carbons (Fsp3) is 0.447. The quantitative estimate of drug-likeness (QED) is 0.136. The van der Waals surface area contributed by atoms with Gasteiger partial charge in [-0.2, -0.15) is 35.7 Å². The Labute approximate surface area is 608 Å². The zero-order valence-corrected chi connectivity index (χ0v) is 67.1. The van der Waals surface area contributed by atoms with Gasteiger partial charge in [0.15, 0.2) is 0 Å². The number of hydrogen-bond acceptors (Lipinski definition) is 24. The highest BCUT2D eigenvalue weighted by Crippen LogP contribution is 1.92. The summed E-state index contributed by atoms with van der Waals surface area (Å²) in [5.74, 6) is 2.29. The van der Waals surface area contributed by atoms with Gasteiger partial charge < -0.3 is 0 Å². The Bertz CT molecular complexity index is 2220. The van der Waals surface area contributed by atoms with Crippen molar-refractivity contribution in [2.75, 3.05) is 0 Å². The molecule has 0 amide bonds. The van der Waals surface area contributed by atoms with E-state index in [9.17, 15) is 0 Å². The molecular weight excluding hydrogens is 1250 g/mol. The van der Waals surface area contributed by atoms with Crippen molar-refractivity contribution in [3.63, 3.8) is 0 Å². The molecule has 10 heterocycles. The molecule has 0 bridgehead atoms. The van der Waals surface area contributed by atoms with Gasteiger partial charge in [0, 0.05) is 73.9 Å². The summed E-state index contributed by atoms with van der Waals surface area (Å²) in [6, 6.07) is 19.6. The maximum atomic E-state index is 3.92. The van der Waals surface area contributed by atoms with Crippen LogP contribution in [-0.4, -0.2) is 121 Å². The molecule has 0 aliphatic heterocycles. The summed E-state index contributed by atoms with van der Waals surface area (Å²) in [5.41, 5.74) is 8.25. The van der Waals surface area contributed by atoms with Crippen LogP contribution in [0.5, 0.6) is 0 Å². The minimum absolute atomic E-state index is 0. The second kappa shape index (κ2) is 113. The van der Waals surface area contributed by atoms with Crippen LogP contribution in [0.2, 0.25) is 0 Å². The van der Waals surface area contributed by atoms with E-state index in [-0.39, 0.29) is 7.43 Å². The van der Waals surface area contributed by atoms with Crippen molar-refractivity contribution in [3.05, 3.63) is 254 Å². The van der Waals surface area contributed by atoms with E-state index in [1.54, 1.807) is 106 Å². The molecule has 0 N–H and O–H groups in total. The molecule has 558 valence electrons. The smallest absolute Gasteiger partial charge is 0.147 e. The minimum Gasteiger partial charge on any atom is -0.261 e. The topological polar surface area (TPSA) is 309 Å². The molecule has 0 saturated carbocycles. The van der Waals surface area contributed by atoms with Crippen molar-refractivity contribution >= 4 is 0 Å². The molecule has 0 atom stereocenters. The zero-order valence-electron chi connectivity index (χ0n) is 67.1. The first-order valence-corrected chi connectivity index (χ1v) is 34.1. The molecule has 0 aliphatic rings. The van der Waals surface area contributed by atoms with Crippen molar-refractivity contribution < 1.29 is 0 Å². The van der Waals surface area contributed by atoms with Crippen LogP contribution in [0, 0.1) is 76.2 Å². The molecule has 10 aromatic heterocycles. The lowest BCUT2D eigenvalue weighted by Crippen LogP contribution is -1.85. The van der Waals surface area contributed by atoms with E-state index in [0.29, 0.717) is 5.82 Å². The molecule has 0 aliphatic carbocycles. The number of benzene rings is 1. The molecule has 0 saturated heterocycles. The predicted octanol–water partition coefficient (Wildman–Crippen LogP) is 19.3. The number of nitrogens with zero attached hydrogens (tertiary/aromatic N) is 24. The van der Waals surface area contributed by atoms with Gasteiger partial charge in [0.05, 0.1) is 47.6 Å². The van der Waals surface area contributed by atoms with E-state index in [1.807, 2.05) is 257 Å². The lowest BCUT2D eigenvalue weighted by molar-refractivity contribution is 0.907. The average Bonchev–Trinajstić information content (AvgIpc) is 3.83. The molecule has 0 fully saturated rings. The van der Waals surface area contributed by atoms with Gasteiger partial charge >= 0.3 is 0 Å². The minimum atomic E-state index is 0. The van der Waals surface area contributed by atoms with E-state index in [1.165, 1.54) is 43.5 Å². The lowest BCUT2D eigenvalue weighted by atomic mass is 10.2. The van der Waals surface area contributed by atoms with Gasteiger partial charge in [0.25, 0.3) is 0 Å². The summed E-state index contributed by atoms with van der Waals surface area (Å²) >= 11 is 0. The fourth-order valence-corrected chi connectivity index (χ4v) is 3.97. The normalized spacial score (nSPS) is 7.37. The van der Waals surface area contributed by atoms with Gasteiger partial charge in [-0.25, -0.2) is 59.8 Å². The van der Waals surface area contributed by atoms with Crippen LogP contribution in [0.1, 0.15) is 222 Å². The van der Waals surface area contributed by atoms with Crippen LogP contribution in [0.25, 0.3) is 0 Å². The molecule has 0 unspecified atom stereocenters. The first-order chi connectivity index (χ1) is 48.3. The van der Waals surface area contributed by atoms with E-state index in [2.05, 4.69) is 140 Å². The Balaban J connectivity index is -0.0000000827. The first kappa shape index (κ1) is 117. The van der Waals surface area contributed by atoms with Crippen LogP contribution in [0.3, 0.4) is 0 Å². The van der Waals surface area contributed by atoms with E-state index in [0.717, 1.165) is 51.2 Å². The van der Waals surface area contributed by atoms with E-state index < -0.39 is 0 Å². The van der Waals surface area contributed by atoms with Gasteiger partial charge in [-0.15, -0.1) is 15.3 Å². The molecule has 11 aromatic rings. The molecule has 0 radical (unpaired) electrons. The molecule has 24 nitrogen and oxygen atoms in total. The SMILES string of the molecule is C.CC.CC.CC.CC.CC.CC.CC.CC.CC.CC.CC.Cc1ccccc1.Cc1cccnn1.Cc1ccncn1.Cc1ccnnc1.Cc1cnccn1.Cc1cncnc1.Cc1cncnn1.Cc1cnncn1.Cc1ncccn1.Cc1nccnn1.Cc1ncncn1. The van der Waals surface area contributed by atoms with Crippen LogP contribution in [0.4, 0.5) is 0 Å². The van der Waals surface area contributed by atoms with Gasteiger partial charge in [-0.1, -0.05) is 196 Å². The maximum absolute atomic E-state index is 3.92. The first-order valence-electron chi connectivity index (χ1n) is 34.1. The molecule has 100 heavy (non-hydrogen) atoms. The molecule has 1 aromatic carbocycles. The second-order valence-electron chi connectivity index (χ2n) is 14.7. The van der Waals surface area contributed by atoms with Gasteiger partial charge in [-0.05, 0) is 118 Å². The average molecular weight is 1380 g/mol. The molecule has 11 rings (SSSR count). The molecule has 0 spiro atoms. The summed E-state index contributed by atoms with van der Waals surface area (Å²) in [5, 5.41) is 36.0. The van der Waals surface area contributed by atoms with Crippen molar-refractivity contribution in [2.45, 2.75) is 236 Å². The highest BCUT2D eigenvalue weighted by atomic mass is 15.1. The number of aryl methyl sites for hydroxylation is 11. The fourth-order valence-electron chi connectivity index (χ4n) is 3.97. The summed E-state index contributed by atoms with van der Waals surface area (Å²) in [7, 11) is 0. The zero-order chi connectivity index (χ0) is 78.2. The molecule has 24 heteroatoms. The maximum Gasteiger partial charge on any atom is 0.147 e. The summed E-state index contributed by atoms with van der Waals surface area (Å²) < 4.78 is 0. The van der Waals surface area contributed by atoms with Crippen LogP contribution < -0.4 is 0 Å². The predicted molar refractivity (Wildman–Crippen MR) is 422 cm³/mol. The van der Waals surface area contributed by atoms with Gasteiger partial charge in [0.2, 0.25) is 0 Å². The monoisotopic (exact) mass is 1380 g/mol. The Morgan fingerprint density at radius 1 is 0.190 bits per heavy atom. The van der Waals surface area contributed by atoms with E-state index in [4.69, 9.17) is 0 Å². The summed E-state index contributed by atoms with van der Waals surface area (Å²) in [4.78, 5) is 53.1. The highest BCUT2D eigenvalue weighted by Gasteiger charge is 1.81. The van der Waals surface area contributed by atoms with Crippen LogP contribution >= 0.6 is 0 Å². The third-order valence-corrected chi connectivity index (χ3v) is 7.62. The largest absolute Gasteiger partial charge is 0.261 e. The second-order valence-corrected chi connectivity index (χ2v) is 14.7. The van der Waals surface area contributed by atoms with Crippen molar-refractivity contribution in [1.29, 1.82) is 0 Å². The number of hydrogen-bond donors (Lipinski definition) is 0. The third kappa shape index (κ3) is 109. The Kier molecular flexibility index (Phi) is 132. The highest BCUT2D eigenvalue weighted by molar-refractivity contribution is 5.11. The lowest BCUT2D eigenvalue weighted by Gasteiger charge is -1.82. The Morgan fingerprint density at radius 2 is 0.660 bits per heavy atom. The number of aromatic nitrogens is 24. The Morgan fingerprint density at radius 3 is 0.880 bits per heavy atom. The number of rotatable bonds is 0.